The number of carbonyl (C=O) groups excluding carboxylic acids is 2. The summed E-state index contributed by atoms with van der Waals surface area (Å²) in [6, 6.07) is 11.1. The molecular formula is C23H27N3O5S. The quantitative estimate of drug-likeness (QED) is 0.744. The number of rotatable bonds is 5. The lowest BCUT2D eigenvalue weighted by Crippen LogP contribution is -2.44. The smallest absolute Gasteiger partial charge is 0.267 e. The van der Waals surface area contributed by atoms with E-state index >= 15 is 0 Å². The summed E-state index contributed by atoms with van der Waals surface area (Å²) < 4.78 is 32.7. The second-order valence-electron chi connectivity index (χ2n) is 7.97. The van der Waals surface area contributed by atoms with Crippen molar-refractivity contribution in [3.63, 3.8) is 0 Å². The number of anilines is 2. The molecule has 170 valence electrons. The Kier molecular flexibility index (Phi) is 6.21. The Morgan fingerprint density at radius 3 is 2.44 bits per heavy atom. The molecule has 1 N–H and O–H groups in total. The Hall–Kier alpha value is -2.91. The maximum Gasteiger partial charge on any atom is 0.267 e. The highest BCUT2D eigenvalue weighted by atomic mass is 32.2. The number of hydrogen-bond acceptors (Lipinski definition) is 5. The number of nitrogens with zero attached hydrogens (tertiary/aromatic N) is 2. The van der Waals surface area contributed by atoms with E-state index in [1.54, 1.807) is 30.0 Å². The normalized spacial score (nSPS) is 19.2. The molecule has 0 radical (unpaired) electrons. The van der Waals surface area contributed by atoms with Crippen LogP contribution in [-0.2, 0) is 14.8 Å². The average Bonchev–Trinajstić information content (AvgIpc) is 2.81. The van der Waals surface area contributed by atoms with E-state index in [1.807, 2.05) is 6.92 Å². The molecule has 2 heterocycles. The van der Waals surface area contributed by atoms with Crippen molar-refractivity contribution in [1.29, 1.82) is 0 Å². The van der Waals surface area contributed by atoms with Crippen LogP contribution in [-0.4, -0.2) is 50.3 Å². The lowest BCUT2D eigenvalue weighted by atomic mass is 10.1. The van der Waals surface area contributed by atoms with E-state index in [-0.39, 0.29) is 16.7 Å². The van der Waals surface area contributed by atoms with Crippen molar-refractivity contribution in [2.75, 3.05) is 29.9 Å². The Morgan fingerprint density at radius 1 is 1.09 bits per heavy atom. The van der Waals surface area contributed by atoms with E-state index in [2.05, 4.69) is 5.32 Å². The first-order valence-corrected chi connectivity index (χ1v) is 12.3. The van der Waals surface area contributed by atoms with Gasteiger partial charge in [-0.15, -0.1) is 0 Å². The highest BCUT2D eigenvalue weighted by Crippen LogP contribution is 2.36. The van der Waals surface area contributed by atoms with Crippen molar-refractivity contribution in [3.05, 3.63) is 48.0 Å². The summed E-state index contributed by atoms with van der Waals surface area (Å²) in [7, 11) is -3.54. The summed E-state index contributed by atoms with van der Waals surface area (Å²) in [4.78, 5) is 26.9. The maximum absolute atomic E-state index is 12.8. The molecule has 4 rings (SSSR count). The zero-order valence-corrected chi connectivity index (χ0v) is 19.0. The molecule has 1 fully saturated rings. The van der Waals surface area contributed by atoms with Crippen LogP contribution in [0.3, 0.4) is 0 Å². The zero-order valence-electron chi connectivity index (χ0n) is 18.2. The second-order valence-corrected chi connectivity index (χ2v) is 9.91. The first-order chi connectivity index (χ1) is 15.3. The summed E-state index contributed by atoms with van der Waals surface area (Å²) in [5, 5.41) is 2.81. The van der Waals surface area contributed by atoms with Gasteiger partial charge >= 0.3 is 0 Å². The molecule has 1 saturated heterocycles. The number of piperidine rings is 1. The molecule has 32 heavy (non-hydrogen) atoms. The van der Waals surface area contributed by atoms with Gasteiger partial charge in [0.05, 0.1) is 10.6 Å². The summed E-state index contributed by atoms with van der Waals surface area (Å²) in [6.45, 7) is 5.14. The molecule has 1 atom stereocenters. The van der Waals surface area contributed by atoms with Crippen molar-refractivity contribution in [2.24, 2.45) is 0 Å². The summed E-state index contributed by atoms with van der Waals surface area (Å²) in [5.74, 6) is 0.0875. The van der Waals surface area contributed by atoms with E-state index in [0.717, 1.165) is 19.3 Å². The van der Waals surface area contributed by atoms with Crippen LogP contribution in [0.5, 0.6) is 5.75 Å². The minimum atomic E-state index is -3.54. The Bertz CT molecular complexity index is 1120. The lowest BCUT2D eigenvalue weighted by molar-refractivity contribution is -0.125. The molecular weight excluding hydrogens is 430 g/mol. The molecule has 8 nitrogen and oxygen atoms in total. The largest absolute Gasteiger partial charge is 0.479 e. The standard InChI is InChI=1S/C23H27N3O5S/c1-3-26-20-15-18(9-12-21(20)31-16(2)23(26)28)24-22(27)17-7-10-19(11-8-17)32(29,30)25-13-5-4-6-14-25/h7-12,15-16H,3-6,13-14H2,1-2H3,(H,24,27). The molecule has 2 aromatic rings. The fraction of sp³-hybridized carbons (Fsp3) is 0.391. The maximum atomic E-state index is 12.8. The van der Waals surface area contributed by atoms with Crippen LogP contribution in [0.2, 0.25) is 0 Å². The first-order valence-electron chi connectivity index (χ1n) is 10.8. The van der Waals surface area contributed by atoms with E-state index in [1.165, 1.54) is 28.6 Å². The third-order valence-corrected chi connectivity index (χ3v) is 7.72. The van der Waals surface area contributed by atoms with Gasteiger partial charge in [-0.05, 0) is 69.2 Å². The Labute approximate surface area is 188 Å². The monoisotopic (exact) mass is 457 g/mol. The van der Waals surface area contributed by atoms with Gasteiger partial charge in [-0.3, -0.25) is 9.59 Å². The van der Waals surface area contributed by atoms with E-state index in [4.69, 9.17) is 4.74 Å². The van der Waals surface area contributed by atoms with Gasteiger partial charge in [-0.2, -0.15) is 4.31 Å². The van der Waals surface area contributed by atoms with Crippen LogP contribution in [0.4, 0.5) is 11.4 Å². The van der Waals surface area contributed by atoms with E-state index in [9.17, 15) is 18.0 Å². The molecule has 2 amide bonds. The highest BCUT2D eigenvalue weighted by Gasteiger charge is 2.31. The second kappa shape index (κ2) is 8.91. The van der Waals surface area contributed by atoms with Gasteiger partial charge in [-0.25, -0.2) is 8.42 Å². The fourth-order valence-corrected chi connectivity index (χ4v) is 5.56. The van der Waals surface area contributed by atoms with Crippen LogP contribution in [0.1, 0.15) is 43.5 Å². The minimum Gasteiger partial charge on any atom is -0.479 e. The van der Waals surface area contributed by atoms with Crippen LogP contribution < -0.4 is 15.0 Å². The van der Waals surface area contributed by atoms with Gasteiger partial charge in [0.15, 0.2) is 6.10 Å². The number of hydrogen-bond donors (Lipinski definition) is 1. The molecule has 0 aromatic heterocycles. The van der Waals surface area contributed by atoms with Gasteiger partial charge in [0.2, 0.25) is 10.0 Å². The summed E-state index contributed by atoms with van der Waals surface area (Å²) in [6.07, 6.45) is 2.22. The fourth-order valence-electron chi connectivity index (χ4n) is 4.05. The molecule has 1 unspecified atom stereocenters. The summed E-state index contributed by atoms with van der Waals surface area (Å²) >= 11 is 0. The summed E-state index contributed by atoms with van der Waals surface area (Å²) in [5.41, 5.74) is 1.47. The van der Waals surface area contributed by atoms with E-state index < -0.39 is 16.1 Å². The number of fused-ring (bicyclic) bond motifs is 1. The number of nitrogens with one attached hydrogen (secondary N) is 1. The van der Waals surface area contributed by atoms with Crippen LogP contribution in [0.25, 0.3) is 0 Å². The number of ether oxygens (including phenoxy) is 1. The van der Waals surface area contributed by atoms with Crippen LogP contribution in [0, 0.1) is 0 Å². The molecule has 0 saturated carbocycles. The SMILES string of the molecule is CCN1C(=O)C(C)Oc2ccc(NC(=O)c3ccc(S(=O)(=O)N4CCCCC4)cc3)cc21. The number of amides is 2. The first kappa shape index (κ1) is 22.3. The Morgan fingerprint density at radius 2 is 1.78 bits per heavy atom. The molecule has 0 bridgehead atoms. The predicted octanol–water partition coefficient (Wildman–Crippen LogP) is 3.25. The van der Waals surface area contributed by atoms with E-state index in [0.29, 0.717) is 42.3 Å². The molecule has 9 heteroatoms. The topological polar surface area (TPSA) is 96.0 Å². The zero-order chi connectivity index (χ0) is 22.9. The number of likely N-dealkylation sites (N-methyl/N-ethyl adjacent to an activating group) is 1. The third-order valence-electron chi connectivity index (χ3n) is 5.81. The van der Waals surface area contributed by atoms with Crippen molar-refractivity contribution in [1.82, 2.24) is 4.31 Å². The van der Waals surface area contributed by atoms with Crippen LogP contribution in [0.15, 0.2) is 47.4 Å². The predicted molar refractivity (Wildman–Crippen MR) is 122 cm³/mol. The average molecular weight is 458 g/mol. The van der Waals surface area contributed by atoms with Gasteiger partial charge in [-0.1, -0.05) is 6.42 Å². The number of benzene rings is 2. The van der Waals surface area contributed by atoms with Gasteiger partial charge in [0.25, 0.3) is 11.8 Å². The van der Waals surface area contributed by atoms with Crippen molar-refractivity contribution in [3.8, 4) is 5.75 Å². The number of sulfonamides is 1. The van der Waals surface area contributed by atoms with Crippen molar-refractivity contribution in [2.45, 2.75) is 44.1 Å². The third kappa shape index (κ3) is 4.22. The molecule has 2 aromatic carbocycles. The number of carbonyl (C=O) groups is 2. The van der Waals surface area contributed by atoms with Crippen LogP contribution >= 0.6 is 0 Å². The van der Waals surface area contributed by atoms with Gasteiger partial charge in [0, 0.05) is 30.9 Å². The van der Waals surface area contributed by atoms with Gasteiger partial charge in [0.1, 0.15) is 5.75 Å². The minimum absolute atomic E-state index is 0.131. The van der Waals surface area contributed by atoms with Gasteiger partial charge < -0.3 is 15.0 Å². The molecule has 0 aliphatic carbocycles. The van der Waals surface area contributed by atoms with Crippen molar-refractivity contribution < 1.29 is 22.7 Å². The molecule has 0 spiro atoms. The molecule has 2 aliphatic rings. The molecule has 2 aliphatic heterocycles. The Balaban J connectivity index is 1.50. The lowest BCUT2D eigenvalue weighted by Gasteiger charge is -2.32. The van der Waals surface area contributed by atoms with Crippen molar-refractivity contribution >= 4 is 33.2 Å². The highest BCUT2D eigenvalue weighted by molar-refractivity contribution is 7.89.